The van der Waals surface area contributed by atoms with E-state index in [2.05, 4.69) is 6.92 Å². The summed E-state index contributed by atoms with van der Waals surface area (Å²) in [6, 6.07) is 6.39. The maximum Gasteiger partial charge on any atom is 0.264 e. The van der Waals surface area contributed by atoms with Crippen LogP contribution in [0.2, 0.25) is 0 Å². The van der Waals surface area contributed by atoms with Crippen LogP contribution in [0.5, 0.6) is 5.75 Å². The molecule has 1 aromatic heterocycles. The highest BCUT2D eigenvalue weighted by atomic mass is 32.1. The Morgan fingerprint density at radius 2 is 2.23 bits per heavy atom. The van der Waals surface area contributed by atoms with Crippen molar-refractivity contribution < 1.29 is 9.53 Å². The normalized spacial score (nSPS) is 22.1. The Morgan fingerprint density at radius 1 is 1.45 bits per heavy atom. The third-order valence-corrected chi connectivity index (χ3v) is 5.78. The van der Waals surface area contributed by atoms with Gasteiger partial charge in [0.15, 0.2) is 0 Å². The van der Waals surface area contributed by atoms with Crippen LogP contribution in [-0.2, 0) is 0 Å². The summed E-state index contributed by atoms with van der Waals surface area (Å²) >= 11 is 1.57. The van der Waals surface area contributed by atoms with E-state index < -0.39 is 0 Å². The smallest absolute Gasteiger partial charge is 0.264 e. The van der Waals surface area contributed by atoms with Crippen LogP contribution in [0.4, 0.5) is 0 Å². The van der Waals surface area contributed by atoms with Crippen LogP contribution in [-0.4, -0.2) is 36.5 Å². The van der Waals surface area contributed by atoms with Crippen LogP contribution in [0.25, 0.3) is 10.1 Å². The van der Waals surface area contributed by atoms with Crippen molar-refractivity contribution in [1.82, 2.24) is 4.90 Å². The highest BCUT2D eigenvalue weighted by Crippen LogP contribution is 2.35. The summed E-state index contributed by atoms with van der Waals surface area (Å²) in [4.78, 5) is 15.7. The molecule has 0 spiro atoms. The maximum absolute atomic E-state index is 12.9. The predicted molar refractivity (Wildman–Crippen MR) is 90.8 cm³/mol. The van der Waals surface area contributed by atoms with Crippen molar-refractivity contribution in [2.75, 3.05) is 13.7 Å². The number of aryl methyl sites for hydroxylation is 1. The van der Waals surface area contributed by atoms with Crippen molar-refractivity contribution in [2.45, 2.75) is 38.8 Å². The van der Waals surface area contributed by atoms with E-state index in [9.17, 15) is 4.79 Å². The molecular formula is C17H22N2O2S. The molecule has 1 fully saturated rings. The predicted octanol–water partition coefficient (Wildman–Crippen LogP) is 3.17. The Hall–Kier alpha value is -1.59. The number of carbonyl (C=O) groups is 1. The maximum atomic E-state index is 12.9. The van der Waals surface area contributed by atoms with Crippen LogP contribution < -0.4 is 10.5 Å². The molecule has 118 valence electrons. The second-order valence-electron chi connectivity index (χ2n) is 6.05. The van der Waals surface area contributed by atoms with E-state index in [1.165, 1.54) is 0 Å². The van der Waals surface area contributed by atoms with E-state index in [1.54, 1.807) is 18.4 Å². The summed E-state index contributed by atoms with van der Waals surface area (Å²) in [7, 11) is 1.66. The van der Waals surface area contributed by atoms with Gasteiger partial charge in [0.05, 0.1) is 12.0 Å². The van der Waals surface area contributed by atoms with Crippen molar-refractivity contribution in [1.29, 1.82) is 0 Å². The molecule has 2 N–H and O–H groups in total. The standard InChI is InChI=1S/C17H22N2O2S/c1-10-8-12(18)6-7-19(10)17(20)16-11(2)14-9-13(21-3)4-5-15(14)22-16/h4-5,9-10,12H,6-8,18H2,1-3H3/t10-,12-/m1/s1. The van der Waals surface area contributed by atoms with Gasteiger partial charge in [-0.15, -0.1) is 11.3 Å². The van der Waals surface area contributed by atoms with Gasteiger partial charge in [-0.05, 0) is 55.8 Å². The fourth-order valence-corrected chi connectivity index (χ4v) is 4.32. The van der Waals surface area contributed by atoms with Gasteiger partial charge in [0.2, 0.25) is 0 Å². The van der Waals surface area contributed by atoms with Crippen LogP contribution >= 0.6 is 11.3 Å². The average Bonchev–Trinajstić information content (AvgIpc) is 2.83. The molecule has 5 heteroatoms. The first-order chi connectivity index (χ1) is 10.5. The highest BCUT2D eigenvalue weighted by molar-refractivity contribution is 7.21. The first kappa shape index (κ1) is 15.3. The number of fused-ring (bicyclic) bond motifs is 1. The van der Waals surface area contributed by atoms with Crippen LogP contribution in [0.1, 0.15) is 35.0 Å². The topological polar surface area (TPSA) is 55.6 Å². The molecule has 0 bridgehead atoms. The molecule has 3 rings (SSSR count). The van der Waals surface area contributed by atoms with E-state index >= 15 is 0 Å². The number of ether oxygens (including phenoxy) is 1. The van der Waals surface area contributed by atoms with Crippen molar-refractivity contribution in [3.63, 3.8) is 0 Å². The Labute approximate surface area is 134 Å². The van der Waals surface area contributed by atoms with Gasteiger partial charge in [-0.25, -0.2) is 0 Å². The molecule has 0 unspecified atom stereocenters. The van der Waals surface area contributed by atoms with Gasteiger partial charge in [-0.2, -0.15) is 0 Å². The summed E-state index contributed by atoms with van der Waals surface area (Å²) in [5.74, 6) is 0.960. The molecule has 0 aliphatic carbocycles. The first-order valence-electron chi connectivity index (χ1n) is 7.65. The zero-order chi connectivity index (χ0) is 15.9. The van der Waals surface area contributed by atoms with E-state index in [1.807, 2.05) is 30.0 Å². The zero-order valence-corrected chi connectivity index (χ0v) is 14.1. The minimum atomic E-state index is 0.136. The number of amides is 1. The second-order valence-corrected chi connectivity index (χ2v) is 7.10. The van der Waals surface area contributed by atoms with E-state index in [-0.39, 0.29) is 18.0 Å². The SMILES string of the molecule is COc1ccc2sc(C(=O)N3CC[C@@H](N)C[C@H]3C)c(C)c2c1. The van der Waals surface area contributed by atoms with Gasteiger partial charge in [0, 0.05) is 23.3 Å². The Bertz CT molecular complexity index is 710. The Balaban J connectivity index is 1.95. The molecule has 4 nitrogen and oxygen atoms in total. The van der Waals surface area contributed by atoms with E-state index in [0.717, 1.165) is 45.7 Å². The van der Waals surface area contributed by atoms with Gasteiger partial charge in [0.1, 0.15) is 5.75 Å². The van der Waals surface area contributed by atoms with Gasteiger partial charge >= 0.3 is 0 Å². The van der Waals surface area contributed by atoms with Crippen LogP contribution in [0.3, 0.4) is 0 Å². The number of benzene rings is 1. The zero-order valence-electron chi connectivity index (χ0n) is 13.3. The lowest BCUT2D eigenvalue weighted by atomic mass is 9.98. The molecule has 22 heavy (non-hydrogen) atoms. The first-order valence-corrected chi connectivity index (χ1v) is 8.46. The number of thiophene rings is 1. The lowest BCUT2D eigenvalue weighted by Gasteiger charge is -2.36. The number of carbonyl (C=O) groups excluding carboxylic acids is 1. The number of hydrogen-bond donors (Lipinski definition) is 1. The number of piperidine rings is 1. The highest BCUT2D eigenvalue weighted by Gasteiger charge is 2.29. The molecule has 1 amide bonds. The quantitative estimate of drug-likeness (QED) is 0.925. The molecule has 2 heterocycles. The molecule has 2 atom stereocenters. The third kappa shape index (κ3) is 2.59. The second kappa shape index (κ2) is 5.89. The fraction of sp³-hybridized carbons (Fsp3) is 0.471. The molecule has 0 saturated carbocycles. The molecule has 1 aliphatic heterocycles. The Kier molecular flexibility index (Phi) is 4.10. The average molecular weight is 318 g/mol. The number of nitrogens with zero attached hydrogens (tertiary/aromatic N) is 1. The third-order valence-electron chi connectivity index (χ3n) is 4.52. The summed E-state index contributed by atoms with van der Waals surface area (Å²) in [6.45, 7) is 4.85. The van der Waals surface area contributed by atoms with E-state index in [0.29, 0.717) is 0 Å². The minimum Gasteiger partial charge on any atom is -0.497 e. The van der Waals surface area contributed by atoms with Crippen LogP contribution in [0, 0.1) is 6.92 Å². The molecule has 0 radical (unpaired) electrons. The summed E-state index contributed by atoms with van der Waals surface area (Å²) in [5, 5.41) is 1.11. The van der Waals surface area contributed by atoms with E-state index in [4.69, 9.17) is 10.5 Å². The number of rotatable bonds is 2. The van der Waals surface area contributed by atoms with Gasteiger partial charge in [-0.3, -0.25) is 4.79 Å². The van der Waals surface area contributed by atoms with Crippen molar-refractivity contribution in [2.24, 2.45) is 5.73 Å². The number of nitrogens with two attached hydrogens (primary N) is 1. The monoisotopic (exact) mass is 318 g/mol. The number of methoxy groups -OCH3 is 1. The molecule has 1 aliphatic rings. The van der Waals surface area contributed by atoms with Crippen molar-refractivity contribution in [3.05, 3.63) is 28.6 Å². The summed E-state index contributed by atoms with van der Waals surface area (Å²) < 4.78 is 6.42. The summed E-state index contributed by atoms with van der Waals surface area (Å²) in [6.07, 6.45) is 1.76. The Morgan fingerprint density at radius 3 is 2.91 bits per heavy atom. The van der Waals surface area contributed by atoms with Crippen molar-refractivity contribution in [3.8, 4) is 5.75 Å². The number of likely N-dealkylation sites (tertiary alicyclic amines) is 1. The molecule has 2 aromatic rings. The van der Waals surface area contributed by atoms with Gasteiger partial charge in [0.25, 0.3) is 5.91 Å². The lowest BCUT2D eigenvalue weighted by Crippen LogP contribution is -2.48. The van der Waals surface area contributed by atoms with Crippen molar-refractivity contribution >= 4 is 27.3 Å². The van der Waals surface area contributed by atoms with Gasteiger partial charge < -0.3 is 15.4 Å². The van der Waals surface area contributed by atoms with Gasteiger partial charge in [-0.1, -0.05) is 0 Å². The molecular weight excluding hydrogens is 296 g/mol. The summed E-state index contributed by atoms with van der Waals surface area (Å²) in [5.41, 5.74) is 7.05. The molecule has 1 aromatic carbocycles. The lowest BCUT2D eigenvalue weighted by molar-refractivity contribution is 0.0623. The largest absolute Gasteiger partial charge is 0.497 e. The van der Waals surface area contributed by atoms with Crippen LogP contribution in [0.15, 0.2) is 18.2 Å². The number of hydrogen-bond acceptors (Lipinski definition) is 4. The molecule has 1 saturated heterocycles. The minimum absolute atomic E-state index is 0.136. The fourth-order valence-electron chi connectivity index (χ4n) is 3.17.